The van der Waals surface area contributed by atoms with Gasteiger partial charge in [-0.1, -0.05) is 39.0 Å². The number of benzene rings is 2. The van der Waals surface area contributed by atoms with E-state index >= 15 is 0 Å². The van der Waals surface area contributed by atoms with Gasteiger partial charge in [-0.3, -0.25) is 0 Å². The van der Waals surface area contributed by atoms with Crippen molar-refractivity contribution in [2.45, 2.75) is 73.0 Å². The molecule has 0 spiro atoms. The number of anilines is 3. The van der Waals surface area contributed by atoms with E-state index < -0.39 is 0 Å². The van der Waals surface area contributed by atoms with Gasteiger partial charge in [-0.05, 0) is 56.9 Å². The van der Waals surface area contributed by atoms with Crippen LogP contribution in [-0.4, -0.2) is 12.2 Å². The van der Waals surface area contributed by atoms with Gasteiger partial charge >= 0.3 is 0 Å². The summed E-state index contributed by atoms with van der Waals surface area (Å²) in [5.74, 6) is 0. The number of pyridine rings is 1. The number of nitrogens with zero attached hydrogens (tertiary/aromatic N) is 3. The Morgan fingerprint density at radius 1 is 0.871 bits per heavy atom. The van der Waals surface area contributed by atoms with Crippen molar-refractivity contribution in [1.29, 1.82) is 0 Å². The Balaban J connectivity index is 1.99. The summed E-state index contributed by atoms with van der Waals surface area (Å²) < 4.78 is 2.32. The predicted molar refractivity (Wildman–Crippen MR) is 132 cm³/mol. The van der Waals surface area contributed by atoms with Gasteiger partial charge in [0.25, 0.3) is 0 Å². The van der Waals surface area contributed by atoms with Gasteiger partial charge < -0.3 is 9.80 Å². The minimum Gasteiger partial charge on any atom is -0.347 e. The second-order valence-electron chi connectivity index (χ2n) is 10.1. The summed E-state index contributed by atoms with van der Waals surface area (Å²) in [5, 5.41) is 0. The average Bonchev–Trinajstić information content (AvgIpc) is 3.00. The molecule has 0 saturated carbocycles. The molecule has 2 aromatic carbocycles. The molecular formula is C28H36N3+. The molecule has 0 bridgehead atoms. The van der Waals surface area contributed by atoms with Gasteiger partial charge in [0.05, 0.1) is 17.1 Å². The van der Waals surface area contributed by atoms with Crippen LogP contribution in [0.1, 0.15) is 58.4 Å². The third-order valence-corrected chi connectivity index (χ3v) is 6.55. The molecule has 0 fully saturated rings. The largest absolute Gasteiger partial charge is 0.347 e. The molecule has 2 heterocycles. The van der Waals surface area contributed by atoms with Crippen molar-refractivity contribution in [3.63, 3.8) is 0 Å². The fourth-order valence-corrected chi connectivity index (χ4v) is 4.87. The van der Waals surface area contributed by atoms with E-state index in [4.69, 9.17) is 0 Å². The topological polar surface area (TPSA) is 10.4 Å². The van der Waals surface area contributed by atoms with Crippen LogP contribution in [0.25, 0.3) is 5.69 Å². The molecule has 3 aromatic rings. The predicted octanol–water partition coefficient (Wildman–Crippen LogP) is 6.59. The molecular weight excluding hydrogens is 378 g/mol. The summed E-state index contributed by atoms with van der Waals surface area (Å²) in [4.78, 5) is 5.06. The number of fused-ring (bicyclic) bond motifs is 1. The van der Waals surface area contributed by atoms with E-state index in [1.807, 2.05) is 0 Å². The standard InChI is InChI=1S/C28H36N3/c1-19(2)30-22(5)31(25-15-10-9-14-24(25)30)27-18-23(28(6,7)8)17-26(21(27)4)29-16-12-11-13-20(29)3/h9-19,22H,1-8H3/q+1/t22-/m1/s1. The summed E-state index contributed by atoms with van der Waals surface area (Å²) in [6.07, 6.45) is 2.43. The summed E-state index contributed by atoms with van der Waals surface area (Å²) in [7, 11) is 0. The molecule has 1 aliphatic rings. The summed E-state index contributed by atoms with van der Waals surface area (Å²) in [6.45, 7) is 18.2. The molecule has 0 aliphatic carbocycles. The van der Waals surface area contributed by atoms with Crippen LogP contribution in [0.15, 0.2) is 60.8 Å². The van der Waals surface area contributed by atoms with Gasteiger partial charge in [-0.15, -0.1) is 0 Å². The molecule has 1 atom stereocenters. The van der Waals surface area contributed by atoms with Crippen LogP contribution in [-0.2, 0) is 5.41 Å². The molecule has 0 N–H and O–H groups in total. The van der Waals surface area contributed by atoms with Gasteiger partial charge in [0.1, 0.15) is 6.17 Å². The first-order valence-corrected chi connectivity index (χ1v) is 11.4. The Morgan fingerprint density at radius 3 is 2.13 bits per heavy atom. The van der Waals surface area contributed by atoms with Crippen molar-refractivity contribution in [2.24, 2.45) is 0 Å². The first-order chi connectivity index (χ1) is 14.6. The lowest BCUT2D eigenvalue weighted by Gasteiger charge is -2.34. The molecule has 0 saturated heterocycles. The molecule has 31 heavy (non-hydrogen) atoms. The molecule has 162 valence electrons. The number of hydrogen-bond acceptors (Lipinski definition) is 2. The Kier molecular flexibility index (Phi) is 5.33. The van der Waals surface area contributed by atoms with Crippen LogP contribution in [0.5, 0.6) is 0 Å². The lowest BCUT2D eigenvalue weighted by molar-refractivity contribution is -0.603. The molecule has 0 unspecified atom stereocenters. The number of aryl methyl sites for hydroxylation is 1. The second-order valence-corrected chi connectivity index (χ2v) is 10.1. The van der Waals surface area contributed by atoms with Gasteiger partial charge in [-0.25, -0.2) is 0 Å². The van der Waals surface area contributed by atoms with Crippen molar-refractivity contribution < 1.29 is 4.57 Å². The van der Waals surface area contributed by atoms with Crippen LogP contribution in [0, 0.1) is 13.8 Å². The number of para-hydroxylation sites is 2. The first kappa shape index (κ1) is 21.4. The zero-order chi connectivity index (χ0) is 22.5. The maximum Gasteiger partial charge on any atom is 0.216 e. The van der Waals surface area contributed by atoms with Crippen molar-refractivity contribution in [2.75, 3.05) is 9.80 Å². The highest BCUT2D eigenvalue weighted by Gasteiger charge is 2.37. The molecule has 3 nitrogen and oxygen atoms in total. The Hall–Kier alpha value is -2.81. The smallest absolute Gasteiger partial charge is 0.216 e. The molecule has 1 aliphatic heterocycles. The van der Waals surface area contributed by atoms with Crippen LogP contribution in [0.4, 0.5) is 17.1 Å². The first-order valence-electron chi connectivity index (χ1n) is 11.4. The Labute approximate surface area is 188 Å². The summed E-state index contributed by atoms with van der Waals surface area (Å²) in [6, 6.07) is 20.4. The van der Waals surface area contributed by atoms with Crippen LogP contribution in [0.2, 0.25) is 0 Å². The van der Waals surface area contributed by atoms with Crippen LogP contribution in [0.3, 0.4) is 0 Å². The average molecular weight is 415 g/mol. The molecule has 0 amide bonds. The van der Waals surface area contributed by atoms with Crippen LogP contribution >= 0.6 is 0 Å². The number of rotatable bonds is 3. The second kappa shape index (κ2) is 7.71. The van der Waals surface area contributed by atoms with E-state index in [2.05, 4.69) is 131 Å². The van der Waals surface area contributed by atoms with E-state index in [-0.39, 0.29) is 11.6 Å². The fourth-order valence-electron chi connectivity index (χ4n) is 4.87. The van der Waals surface area contributed by atoms with Crippen molar-refractivity contribution >= 4 is 17.1 Å². The Bertz CT molecular complexity index is 1110. The highest BCUT2D eigenvalue weighted by Crippen LogP contribution is 2.47. The fraction of sp³-hybridized carbons (Fsp3) is 0.393. The number of aromatic nitrogens is 1. The van der Waals surface area contributed by atoms with E-state index in [0.717, 1.165) is 0 Å². The lowest BCUT2D eigenvalue weighted by Crippen LogP contribution is -2.43. The maximum atomic E-state index is 2.53. The molecule has 1 aromatic heterocycles. The lowest BCUT2D eigenvalue weighted by atomic mass is 9.85. The van der Waals surface area contributed by atoms with Gasteiger partial charge in [0.2, 0.25) is 5.69 Å². The zero-order valence-corrected chi connectivity index (χ0v) is 20.3. The minimum absolute atomic E-state index is 0.0562. The SMILES string of the molecule is Cc1c(N2c3ccccc3N(C(C)C)[C@H]2C)cc(C(C)(C)C)cc1-[n+]1ccccc1C. The third kappa shape index (κ3) is 3.60. The van der Waals surface area contributed by atoms with Crippen molar-refractivity contribution in [3.05, 3.63) is 77.6 Å². The summed E-state index contributed by atoms with van der Waals surface area (Å²) >= 11 is 0. The van der Waals surface area contributed by atoms with Gasteiger partial charge in [0, 0.05) is 36.7 Å². The zero-order valence-electron chi connectivity index (χ0n) is 20.3. The minimum atomic E-state index is 0.0562. The van der Waals surface area contributed by atoms with E-state index in [1.165, 1.54) is 39.6 Å². The normalized spacial score (nSPS) is 16.2. The maximum absolute atomic E-state index is 2.53. The van der Waals surface area contributed by atoms with Crippen LogP contribution < -0.4 is 14.4 Å². The molecule has 3 heteroatoms. The van der Waals surface area contributed by atoms with Gasteiger partial charge in [0.15, 0.2) is 11.9 Å². The number of hydrogen-bond donors (Lipinski definition) is 0. The van der Waals surface area contributed by atoms with Crippen molar-refractivity contribution in [1.82, 2.24) is 0 Å². The van der Waals surface area contributed by atoms with Crippen molar-refractivity contribution in [3.8, 4) is 5.69 Å². The molecule has 0 radical (unpaired) electrons. The highest BCUT2D eigenvalue weighted by molar-refractivity contribution is 5.85. The summed E-state index contributed by atoms with van der Waals surface area (Å²) in [5.41, 5.74) is 9.11. The van der Waals surface area contributed by atoms with E-state index in [1.54, 1.807) is 0 Å². The highest BCUT2D eigenvalue weighted by atomic mass is 15.4. The quantitative estimate of drug-likeness (QED) is 0.448. The third-order valence-electron chi connectivity index (χ3n) is 6.55. The van der Waals surface area contributed by atoms with E-state index in [9.17, 15) is 0 Å². The Morgan fingerprint density at radius 2 is 1.52 bits per heavy atom. The van der Waals surface area contributed by atoms with Gasteiger partial charge in [-0.2, -0.15) is 4.57 Å². The monoisotopic (exact) mass is 414 g/mol. The molecule has 4 rings (SSSR count). The van der Waals surface area contributed by atoms with E-state index in [0.29, 0.717) is 6.04 Å².